The van der Waals surface area contributed by atoms with Crippen LogP contribution in [-0.2, 0) is 4.79 Å². The minimum atomic E-state index is 0.0301. The molecule has 3 atom stereocenters. The number of benzene rings is 1. The van der Waals surface area contributed by atoms with Gasteiger partial charge < -0.3 is 5.11 Å². The molecule has 22 heavy (non-hydrogen) atoms. The van der Waals surface area contributed by atoms with Gasteiger partial charge >= 0.3 is 0 Å². The van der Waals surface area contributed by atoms with Crippen LogP contribution in [0.4, 0.5) is 0 Å². The van der Waals surface area contributed by atoms with Crippen molar-refractivity contribution in [1.82, 2.24) is 5.43 Å². The Kier molecular flexibility index (Phi) is 4.34. The number of amides is 1. The second-order valence-corrected chi connectivity index (χ2v) is 8.11. The number of carbonyl (C=O) groups excluding carboxylic acids is 1. The van der Waals surface area contributed by atoms with Crippen molar-refractivity contribution in [2.45, 2.75) is 32.6 Å². The molecule has 2 aliphatic carbocycles. The van der Waals surface area contributed by atoms with Crippen LogP contribution in [0.15, 0.2) is 26.2 Å². The molecule has 2 aliphatic rings. The molecular formula is C16H18Br2N2O2. The summed E-state index contributed by atoms with van der Waals surface area (Å²) >= 11 is 6.54. The summed E-state index contributed by atoms with van der Waals surface area (Å²) in [6, 6.07) is 3.49. The first-order chi connectivity index (χ1) is 10.4. The standard InChI is InChI=1S/C16H18Br2N2O2/c1-16-5-3-2-4-10(16)13(16)15(22)20-19-8-9-6-11(17)14(21)12(18)7-9/h6-8,10,13,21H,2-5H2,1H3,(H,20,22)/b19-8-/t10-,13-,16+/m1/s1. The number of carbonyl (C=O) groups is 1. The van der Waals surface area contributed by atoms with Crippen LogP contribution in [0.1, 0.15) is 38.2 Å². The van der Waals surface area contributed by atoms with Crippen molar-refractivity contribution < 1.29 is 9.90 Å². The van der Waals surface area contributed by atoms with E-state index < -0.39 is 0 Å². The van der Waals surface area contributed by atoms with Crippen LogP contribution in [-0.4, -0.2) is 17.2 Å². The summed E-state index contributed by atoms with van der Waals surface area (Å²) in [5.41, 5.74) is 3.65. The van der Waals surface area contributed by atoms with Gasteiger partial charge in [-0.05, 0) is 73.7 Å². The summed E-state index contributed by atoms with van der Waals surface area (Å²) in [6.07, 6.45) is 6.37. The van der Waals surface area contributed by atoms with E-state index in [-0.39, 0.29) is 23.0 Å². The van der Waals surface area contributed by atoms with Gasteiger partial charge in [0.2, 0.25) is 5.91 Å². The number of phenolic OH excluding ortho intramolecular Hbond substituents is 1. The lowest BCUT2D eigenvalue weighted by Gasteiger charge is -2.15. The molecule has 2 saturated carbocycles. The average molecular weight is 430 g/mol. The Bertz CT molecular complexity index is 624. The van der Waals surface area contributed by atoms with Gasteiger partial charge in [0, 0.05) is 5.92 Å². The number of phenols is 1. The van der Waals surface area contributed by atoms with Gasteiger partial charge in [0.25, 0.3) is 0 Å². The fourth-order valence-electron chi connectivity index (χ4n) is 3.75. The van der Waals surface area contributed by atoms with E-state index in [9.17, 15) is 9.90 Å². The van der Waals surface area contributed by atoms with Crippen molar-refractivity contribution in [3.63, 3.8) is 0 Å². The van der Waals surface area contributed by atoms with Gasteiger partial charge in [0.1, 0.15) is 5.75 Å². The van der Waals surface area contributed by atoms with Crippen LogP contribution in [0.2, 0.25) is 0 Å². The van der Waals surface area contributed by atoms with E-state index in [1.165, 1.54) is 12.8 Å². The monoisotopic (exact) mass is 428 g/mol. The number of aromatic hydroxyl groups is 1. The smallest absolute Gasteiger partial charge is 0.244 e. The number of halogens is 2. The molecule has 118 valence electrons. The third-order valence-corrected chi connectivity index (χ3v) is 6.25. The molecule has 2 N–H and O–H groups in total. The predicted molar refractivity (Wildman–Crippen MR) is 92.8 cm³/mol. The van der Waals surface area contributed by atoms with E-state index in [0.29, 0.717) is 14.9 Å². The third-order valence-electron chi connectivity index (χ3n) is 5.04. The normalized spacial score (nSPS) is 30.1. The highest BCUT2D eigenvalue weighted by molar-refractivity contribution is 9.11. The second kappa shape index (κ2) is 5.96. The van der Waals surface area contributed by atoms with E-state index >= 15 is 0 Å². The predicted octanol–water partition coefficient (Wildman–Crippen LogP) is 4.19. The molecule has 4 nitrogen and oxygen atoms in total. The molecule has 2 fully saturated rings. The molecule has 0 heterocycles. The Balaban J connectivity index is 1.62. The van der Waals surface area contributed by atoms with E-state index in [1.54, 1.807) is 18.3 Å². The van der Waals surface area contributed by atoms with Crippen molar-refractivity contribution in [2.75, 3.05) is 0 Å². The third kappa shape index (κ3) is 2.83. The van der Waals surface area contributed by atoms with Gasteiger partial charge in [0.15, 0.2) is 0 Å². The van der Waals surface area contributed by atoms with Crippen LogP contribution >= 0.6 is 31.9 Å². The first-order valence-electron chi connectivity index (χ1n) is 7.44. The molecule has 3 rings (SSSR count). The summed E-state index contributed by atoms with van der Waals surface area (Å²) in [7, 11) is 0. The molecule has 6 heteroatoms. The number of nitrogens with one attached hydrogen (secondary N) is 1. The van der Waals surface area contributed by atoms with E-state index in [0.717, 1.165) is 18.4 Å². The molecular weight excluding hydrogens is 412 g/mol. The number of nitrogens with zero attached hydrogens (tertiary/aromatic N) is 1. The van der Waals surface area contributed by atoms with E-state index in [1.807, 2.05) is 0 Å². The van der Waals surface area contributed by atoms with Crippen molar-refractivity contribution >= 4 is 44.0 Å². The Hall–Kier alpha value is -0.880. The SMILES string of the molecule is C[C@]12CCCC[C@@H]1[C@@H]2C(=O)N/N=C\c1cc(Br)c(O)c(Br)c1. The average Bonchev–Trinajstić information content (AvgIpc) is 3.10. The molecule has 0 unspecified atom stereocenters. The highest BCUT2D eigenvalue weighted by atomic mass is 79.9. The maximum absolute atomic E-state index is 12.3. The quantitative estimate of drug-likeness (QED) is 0.558. The second-order valence-electron chi connectivity index (χ2n) is 6.40. The van der Waals surface area contributed by atoms with Crippen molar-refractivity contribution in [2.24, 2.45) is 22.4 Å². The molecule has 1 aromatic carbocycles. The molecule has 1 amide bonds. The van der Waals surface area contributed by atoms with E-state index in [4.69, 9.17) is 0 Å². The van der Waals surface area contributed by atoms with Gasteiger partial charge in [-0.3, -0.25) is 4.79 Å². The molecule has 0 spiro atoms. The van der Waals surface area contributed by atoms with Crippen molar-refractivity contribution in [1.29, 1.82) is 0 Å². The summed E-state index contributed by atoms with van der Waals surface area (Å²) < 4.78 is 1.16. The van der Waals surface area contributed by atoms with Crippen LogP contribution < -0.4 is 5.43 Å². The molecule has 0 aliphatic heterocycles. The highest BCUT2D eigenvalue weighted by Gasteiger charge is 2.64. The Labute approximate surface area is 146 Å². The number of hydrogen-bond donors (Lipinski definition) is 2. The van der Waals surface area contributed by atoms with Crippen LogP contribution in [0.3, 0.4) is 0 Å². The summed E-state index contributed by atoms with van der Waals surface area (Å²) in [6.45, 7) is 2.22. The van der Waals surface area contributed by atoms with Crippen molar-refractivity contribution in [3.05, 3.63) is 26.6 Å². The number of hydrazone groups is 1. The molecule has 0 bridgehead atoms. The minimum absolute atomic E-state index is 0.0301. The van der Waals surface area contributed by atoms with Gasteiger partial charge in [-0.15, -0.1) is 0 Å². The Morgan fingerprint density at radius 2 is 2.09 bits per heavy atom. The number of fused-ring (bicyclic) bond motifs is 1. The fourth-order valence-corrected chi connectivity index (χ4v) is 4.97. The summed E-state index contributed by atoms with van der Waals surface area (Å²) in [4.78, 5) is 12.3. The highest BCUT2D eigenvalue weighted by Crippen LogP contribution is 2.66. The maximum atomic E-state index is 12.3. The van der Waals surface area contributed by atoms with Crippen LogP contribution in [0.5, 0.6) is 5.75 Å². The van der Waals surface area contributed by atoms with Gasteiger partial charge in [-0.1, -0.05) is 19.8 Å². The van der Waals surface area contributed by atoms with Crippen LogP contribution in [0, 0.1) is 17.3 Å². The topological polar surface area (TPSA) is 61.7 Å². The molecule has 1 aromatic rings. The van der Waals surface area contributed by atoms with Gasteiger partial charge in [-0.25, -0.2) is 5.43 Å². The number of hydrogen-bond acceptors (Lipinski definition) is 3. The first kappa shape index (κ1) is 16.0. The van der Waals surface area contributed by atoms with Gasteiger partial charge in [0.05, 0.1) is 15.2 Å². The van der Waals surface area contributed by atoms with Crippen LogP contribution in [0.25, 0.3) is 0 Å². The maximum Gasteiger partial charge on any atom is 0.244 e. The minimum Gasteiger partial charge on any atom is -0.506 e. The zero-order valence-electron chi connectivity index (χ0n) is 12.3. The Morgan fingerprint density at radius 1 is 1.41 bits per heavy atom. The largest absolute Gasteiger partial charge is 0.506 e. The number of rotatable bonds is 3. The zero-order chi connectivity index (χ0) is 15.9. The molecule has 0 aromatic heterocycles. The van der Waals surface area contributed by atoms with Gasteiger partial charge in [-0.2, -0.15) is 5.10 Å². The molecule has 0 radical (unpaired) electrons. The fraction of sp³-hybridized carbons (Fsp3) is 0.500. The first-order valence-corrected chi connectivity index (χ1v) is 9.03. The zero-order valence-corrected chi connectivity index (χ0v) is 15.4. The lowest BCUT2D eigenvalue weighted by molar-refractivity contribution is -0.123. The summed E-state index contributed by atoms with van der Waals surface area (Å²) in [5.74, 6) is 0.831. The lowest BCUT2D eigenvalue weighted by atomic mass is 9.90. The Morgan fingerprint density at radius 3 is 2.68 bits per heavy atom. The molecule has 0 saturated heterocycles. The van der Waals surface area contributed by atoms with Crippen molar-refractivity contribution in [3.8, 4) is 5.75 Å². The summed E-state index contributed by atoms with van der Waals surface area (Å²) in [5, 5.41) is 13.7. The lowest BCUT2D eigenvalue weighted by Crippen LogP contribution is -2.22. The van der Waals surface area contributed by atoms with E-state index in [2.05, 4.69) is 49.3 Å².